The molecule has 0 aromatic rings. The third-order valence-electron chi connectivity index (χ3n) is 2.47. The molecule has 17 heavy (non-hydrogen) atoms. The Balaban J connectivity index is 4.39. The minimum Gasteiger partial charge on any atom is -0.392 e. The van der Waals surface area contributed by atoms with Gasteiger partial charge in [-0.1, -0.05) is 19.1 Å². The molecule has 0 aliphatic carbocycles. The van der Waals surface area contributed by atoms with Gasteiger partial charge >= 0.3 is 0 Å². The van der Waals surface area contributed by atoms with Gasteiger partial charge in [0.25, 0.3) is 0 Å². The van der Waals surface area contributed by atoms with Gasteiger partial charge in [0.05, 0.1) is 10.4 Å². The number of nitrogens with two attached hydrogens (primary N) is 1. The summed E-state index contributed by atoms with van der Waals surface area (Å²) in [6, 6.07) is -0.595. The summed E-state index contributed by atoms with van der Waals surface area (Å²) in [4.78, 5) is 23.5. The zero-order valence-corrected chi connectivity index (χ0v) is 11.6. The lowest BCUT2D eigenvalue weighted by Crippen LogP contribution is -2.52. The maximum atomic E-state index is 11.8. The summed E-state index contributed by atoms with van der Waals surface area (Å²) in [5.74, 6) is -0.553. The molecule has 98 valence electrons. The zero-order chi connectivity index (χ0) is 13.6. The summed E-state index contributed by atoms with van der Waals surface area (Å²) in [6.45, 7) is 7.43. The van der Waals surface area contributed by atoms with E-state index < -0.39 is 11.5 Å². The maximum absolute atomic E-state index is 11.8. The van der Waals surface area contributed by atoms with Gasteiger partial charge in [0, 0.05) is 6.54 Å². The smallest absolute Gasteiger partial charge is 0.242 e. The first-order valence-electron chi connectivity index (χ1n) is 5.62. The van der Waals surface area contributed by atoms with E-state index in [1.165, 1.54) is 0 Å². The quantitative estimate of drug-likeness (QED) is 0.600. The molecule has 2 amide bonds. The van der Waals surface area contributed by atoms with Crippen LogP contribution in [0.15, 0.2) is 0 Å². The van der Waals surface area contributed by atoms with Gasteiger partial charge in [0.1, 0.15) is 6.04 Å². The molecule has 0 bridgehead atoms. The van der Waals surface area contributed by atoms with Gasteiger partial charge in [-0.15, -0.1) is 0 Å². The molecule has 0 aromatic heterocycles. The number of hydrogen-bond acceptors (Lipinski definition) is 3. The van der Waals surface area contributed by atoms with E-state index in [0.717, 1.165) is 6.42 Å². The summed E-state index contributed by atoms with van der Waals surface area (Å²) in [5, 5.41) is 5.29. The molecule has 0 aromatic carbocycles. The molecule has 1 atom stereocenters. The third kappa shape index (κ3) is 4.68. The van der Waals surface area contributed by atoms with Crippen LogP contribution in [-0.2, 0) is 9.59 Å². The van der Waals surface area contributed by atoms with Crippen LogP contribution in [0.25, 0.3) is 0 Å². The van der Waals surface area contributed by atoms with E-state index in [1.807, 2.05) is 6.92 Å². The van der Waals surface area contributed by atoms with Crippen LogP contribution in [-0.4, -0.2) is 29.4 Å². The normalized spacial score (nSPS) is 12.7. The molecule has 0 rings (SSSR count). The van der Waals surface area contributed by atoms with E-state index in [-0.39, 0.29) is 16.8 Å². The van der Waals surface area contributed by atoms with E-state index in [4.69, 9.17) is 18.0 Å². The topological polar surface area (TPSA) is 84.2 Å². The van der Waals surface area contributed by atoms with E-state index in [2.05, 4.69) is 10.6 Å². The zero-order valence-electron chi connectivity index (χ0n) is 10.8. The van der Waals surface area contributed by atoms with Crippen LogP contribution >= 0.6 is 12.2 Å². The van der Waals surface area contributed by atoms with Crippen molar-refractivity contribution >= 4 is 29.0 Å². The standard InChI is InChI=1S/C11H21N3O2S/c1-5-6-13-8(15)7(2)14-10(16)11(3,4)9(12)17/h7H,5-6H2,1-4H3,(H2,12,17)(H,13,15)(H,14,16). The monoisotopic (exact) mass is 259 g/mol. The van der Waals surface area contributed by atoms with Gasteiger partial charge < -0.3 is 16.4 Å². The average molecular weight is 259 g/mol. The first-order valence-corrected chi connectivity index (χ1v) is 6.02. The third-order valence-corrected chi connectivity index (χ3v) is 2.98. The number of amides is 2. The molecule has 0 saturated carbocycles. The van der Waals surface area contributed by atoms with Crippen LogP contribution < -0.4 is 16.4 Å². The molecule has 0 spiro atoms. The first kappa shape index (κ1) is 15.8. The van der Waals surface area contributed by atoms with Gasteiger partial charge in [0.15, 0.2) is 0 Å². The number of rotatable bonds is 6. The summed E-state index contributed by atoms with van der Waals surface area (Å²) < 4.78 is 0. The summed E-state index contributed by atoms with van der Waals surface area (Å²) in [6.07, 6.45) is 0.852. The second-order valence-corrected chi connectivity index (χ2v) is 4.92. The van der Waals surface area contributed by atoms with Crippen molar-refractivity contribution in [3.8, 4) is 0 Å². The molecule has 0 fully saturated rings. The SMILES string of the molecule is CCCNC(=O)C(C)NC(=O)C(C)(C)C(N)=S. The Morgan fingerprint density at radius 2 is 1.94 bits per heavy atom. The van der Waals surface area contributed by atoms with Gasteiger partial charge in [-0.05, 0) is 27.2 Å². The highest BCUT2D eigenvalue weighted by Crippen LogP contribution is 2.15. The summed E-state index contributed by atoms with van der Waals surface area (Å²) >= 11 is 4.81. The number of nitrogens with one attached hydrogen (secondary N) is 2. The maximum Gasteiger partial charge on any atom is 0.242 e. The van der Waals surface area contributed by atoms with Crippen LogP contribution in [0, 0.1) is 5.41 Å². The lowest BCUT2D eigenvalue weighted by Gasteiger charge is -2.24. The van der Waals surface area contributed by atoms with E-state index in [1.54, 1.807) is 20.8 Å². The molecule has 5 nitrogen and oxygen atoms in total. The van der Waals surface area contributed by atoms with Crippen molar-refractivity contribution < 1.29 is 9.59 Å². The second kappa shape index (κ2) is 6.54. The Hall–Kier alpha value is -1.17. The Labute approximate surface area is 108 Å². The Morgan fingerprint density at radius 3 is 2.35 bits per heavy atom. The lowest BCUT2D eigenvalue weighted by atomic mass is 9.92. The first-order chi connectivity index (χ1) is 7.73. The van der Waals surface area contributed by atoms with Crippen LogP contribution in [0.1, 0.15) is 34.1 Å². The molecule has 0 heterocycles. The lowest BCUT2D eigenvalue weighted by molar-refractivity contribution is -0.131. The fourth-order valence-corrected chi connectivity index (χ4v) is 1.05. The molecule has 0 saturated heterocycles. The van der Waals surface area contributed by atoms with Crippen LogP contribution in [0.3, 0.4) is 0 Å². The summed E-state index contributed by atoms with van der Waals surface area (Å²) in [7, 11) is 0. The van der Waals surface area contributed by atoms with Crippen molar-refractivity contribution in [3.63, 3.8) is 0 Å². The van der Waals surface area contributed by atoms with Gasteiger partial charge in [0.2, 0.25) is 11.8 Å². The number of thiocarbonyl (C=S) groups is 1. The fourth-order valence-electron chi connectivity index (χ4n) is 0.956. The van der Waals surface area contributed by atoms with Crippen molar-refractivity contribution in [2.24, 2.45) is 11.1 Å². The predicted octanol–water partition coefficient (Wildman–Crippen LogP) is 0.330. The number of carbonyl (C=O) groups excluding carboxylic acids is 2. The minimum absolute atomic E-state index is 0.108. The minimum atomic E-state index is -0.950. The molecular formula is C11H21N3O2S. The predicted molar refractivity (Wildman–Crippen MR) is 71.5 cm³/mol. The number of hydrogen-bond donors (Lipinski definition) is 3. The van der Waals surface area contributed by atoms with Gasteiger partial charge in [-0.2, -0.15) is 0 Å². The van der Waals surface area contributed by atoms with Crippen LogP contribution in [0.2, 0.25) is 0 Å². The Morgan fingerprint density at radius 1 is 1.41 bits per heavy atom. The highest BCUT2D eigenvalue weighted by atomic mass is 32.1. The van der Waals surface area contributed by atoms with Crippen molar-refractivity contribution in [1.29, 1.82) is 0 Å². The van der Waals surface area contributed by atoms with Crippen molar-refractivity contribution in [1.82, 2.24) is 10.6 Å². The summed E-state index contributed by atoms with van der Waals surface area (Å²) in [5.41, 5.74) is 4.52. The molecule has 0 aliphatic rings. The van der Waals surface area contributed by atoms with E-state index in [9.17, 15) is 9.59 Å². The largest absolute Gasteiger partial charge is 0.392 e. The van der Waals surface area contributed by atoms with Crippen molar-refractivity contribution in [2.45, 2.75) is 40.2 Å². The molecule has 0 radical (unpaired) electrons. The van der Waals surface area contributed by atoms with Crippen molar-refractivity contribution in [3.05, 3.63) is 0 Å². The molecule has 4 N–H and O–H groups in total. The Bertz CT molecular complexity index is 316. The average Bonchev–Trinajstić information content (AvgIpc) is 2.25. The molecule has 6 heteroatoms. The van der Waals surface area contributed by atoms with Gasteiger partial charge in [-0.25, -0.2) is 0 Å². The second-order valence-electron chi connectivity index (χ2n) is 4.48. The highest BCUT2D eigenvalue weighted by molar-refractivity contribution is 7.80. The van der Waals surface area contributed by atoms with Crippen LogP contribution in [0.5, 0.6) is 0 Å². The van der Waals surface area contributed by atoms with Crippen LogP contribution in [0.4, 0.5) is 0 Å². The molecule has 1 unspecified atom stereocenters. The Kier molecular flexibility index (Phi) is 6.09. The molecular weight excluding hydrogens is 238 g/mol. The number of carbonyl (C=O) groups is 2. The highest BCUT2D eigenvalue weighted by Gasteiger charge is 2.32. The van der Waals surface area contributed by atoms with E-state index >= 15 is 0 Å². The fraction of sp³-hybridized carbons (Fsp3) is 0.727. The van der Waals surface area contributed by atoms with Crippen molar-refractivity contribution in [2.75, 3.05) is 6.54 Å². The molecule has 0 aliphatic heterocycles. The van der Waals surface area contributed by atoms with Gasteiger partial charge in [-0.3, -0.25) is 9.59 Å². The van der Waals surface area contributed by atoms with E-state index in [0.29, 0.717) is 6.54 Å².